The first kappa shape index (κ1) is 14.3. The minimum atomic E-state index is -0.0566. The first-order valence-corrected chi connectivity index (χ1v) is 6.59. The number of guanidine groups is 1. The van der Waals surface area contributed by atoms with E-state index in [0.717, 1.165) is 19.4 Å². The Morgan fingerprint density at radius 3 is 2.41 bits per heavy atom. The molecule has 0 heterocycles. The van der Waals surface area contributed by atoms with Crippen molar-refractivity contribution in [1.29, 1.82) is 0 Å². The summed E-state index contributed by atoms with van der Waals surface area (Å²) in [4.78, 5) is 4.44. The number of hydrogen-bond donors (Lipinski definition) is 2. The number of nitrogens with zero attached hydrogens (tertiary/aromatic N) is 1. The van der Waals surface area contributed by atoms with E-state index in [1.807, 2.05) is 6.92 Å². The van der Waals surface area contributed by atoms with Crippen LogP contribution in [0.25, 0.3) is 0 Å². The second-order valence-electron chi connectivity index (χ2n) is 5.90. The fraction of sp³-hybridized carbons (Fsp3) is 0.923. The molecule has 0 atom stereocenters. The quantitative estimate of drug-likeness (QED) is 0.585. The molecule has 0 bridgehead atoms. The molecule has 4 heteroatoms. The molecule has 1 aliphatic rings. The van der Waals surface area contributed by atoms with Crippen molar-refractivity contribution in [2.45, 2.75) is 64.5 Å². The third kappa shape index (κ3) is 4.94. The van der Waals surface area contributed by atoms with Crippen molar-refractivity contribution in [3.8, 4) is 0 Å². The summed E-state index contributed by atoms with van der Waals surface area (Å²) in [7, 11) is 0. The summed E-state index contributed by atoms with van der Waals surface area (Å²) in [6, 6.07) is 0. The van der Waals surface area contributed by atoms with Gasteiger partial charge in [0.2, 0.25) is 0 Å². The number of ether oxygens (including phenoxy) is 1. The van der Waals surface area contributed by atoms with Crippen molar-refractivity contribution in [1.82, 2.24) is 5.32 Å². The van der Waals surface area contributed by atoms with Crippen LogP contribution in [0.2, 0.25) is 0 Å². The smallest absolute Gasteiger partial charge is 0.189 e. The fourth-order valence-corrected chi connectivity index (χ4v) is 2.33. The zero-order valence-electron chi connectivity index (χ0n) is 11.7. The molecule has 0 amide bonds. The maximum absolute atomic E-state index is 5.88. The average Bonchev–Trinajstić information content (AvgIpc) is 2.62. The van der Waals surface area contributed by atoms with Crippen LogP contribution >= 0.6 is 0 Å². The topological polar surface area (TPSA) is 59.6 Å². The third-order valence-electron chi connectivity index (χ3n) is 3.01. The van der Waals surface area contributed by atoms with E-state index in [1.54, 1.807) is 0 Å². The van der Waals surface area contributed by atoms with Crippen LogP contribution in [-0.4, -0.2) is 30.3 Å². The summed E-state index contributed by atoms with van der Waals surface area (Å²) in [5.74, 6) is 0.517. The molecular weight excluding hydrogens is 214 g/mol. The minimum Gasteiger partial charge on any atom is -0.373 e. The van der Waals surface area contributed by atoms with Crippen LogP contribution in [0, 0.1) is 0 Å². The van der Waals surface area contributed by atoms with E-state index in [1.165, 1.54) is 12.8 Å². The highest BCUT2D eigenvalue weighted by molar-refractivity contribution is 5.78. The molecule has 1 rings (SSSR count). The monoisotopic (exact) mass is 241 g/mol. The van der Waals surface area contributed by atoms with Gasteiger partial charge in [0.1, 0.15) is 0 Å². The van der Waals surface area contributed by atoms with Crippen LogP contribution in [-0.2, 0) is 4.74 Å². The standard InChI is InChI=1S/C13H27N3O/c1-5-17-13(8-6-7-9-13)10-15-11(14)16-12(2,3)4/h5-10H2,1-4H3,(H3,14,15,16). The van der Waals surface area contributed by atoms with Gasteiger partial charge in [-0.25, -0.2) is 0 Å². The maximum atomic E-state index is 5.88. The second-order valence-corrected chi connectivity index (χ2v) is 5.90. The van der Waals surface area contributed by atoms with Gasteiger partial charge in [-0.1, -0.05) is 12.8 Å². The van der Waals surface area contributed by atoms with Crippen LogP contribution in [0.5, 0.6) is 0 Å². The maximum Gasteiger partial charge on any atom is 0.189 e. The highest BCUT2D eigenvalue weighted by atomic mass is 16.5. The summed E-state index contributed by atoms with van der Waals surface area (Å²) < 4.78 is 5.88. The summed E-state index contributed by atoms with van der Waals surface area (Å²) in [5, 5.41) is 3.17. The molecule has 4 nitrogen and oxygen atoms in total. The molecule has 0 radical (unpaired) electrons. The van der Waals surface area contributed by atoms with Crippen molar-refractivity contribution in [3.05, 3.63) is 0 Å². The molecule has 0 unspecified atom stereocenters. The summed E-state index contributed by atoms with van der Waals surface area (Å²) in [5.41, 5.74) is 5.78. The van der Waals surface area contributed by atoms with E-state index < -0.39 is 0 Å². The predicted molar refractivity (Wildman–Crippen MR) is 72.2 cm³/mol. The molecule has 17 heavy (non-hydrogen) atoms. The van der Waals surface area contributed by atoms with E-state index >= 15 is 0 Å². The van der Waals surface area contributed by atoms with Gasteiger partial charge < -0.3 is 15.8 Å². The Balaban J connectivity index is 2.54. The summed E-state index contributed by atoms with van der Waals surface area (Å²) in [6.45, 7) is 9.69. The van der Waals surface area contributed by atoms with E-state index in [2.05, 4.69) is 31.1 Å². The Bertz CT molecular complexity index is 262. The van der Waals surface area contributed by atoms with Gasteiger partial charge in [-0.05, 0) is 40.5 Å². The minimum absolute atomic E-state index is 0.0396. The van der Waals surface area contributed by atoms with Crippen LogP contribution in [0.1, 0.15) is 53.4 Å². The Hall–Kier alpha value is -0.770. The molecule has 1 fully saturated rings. The van der Waals surface area contributed by atoms with Crippen LogP contribution in [0.3, 0.4) is 0 Å². The molecule has 100 valence electrons. The molecule has 1 aliphatic carbocycles. The lowest BCUT2D eigenvalue weighted by Crippen LogP contribution is -2.46. The van der Waals surface area contributed by atoms with Crippen molar-refractivity contribution in [2.75, 3.05) is 13.2 Å². The Labute approximate surface area is 105 Å². The zero-order chi connectivity index (χ0) is 12.9. The van der Waals surface area contributed by atoms with Gasteiger partial charge >= 0.3 is 0 Å². The predicted octanol–water partition coefficient (Wildman–Crippen LogP) is 2.04. The molecule has 0 aromatic carbocycles. The molecule has 1 saturated carbocycles. The molecule has 3 N–H and O–H groups in total. The Kier molecular flexibility index (Phi) is 4.80. The van der Waals surface area contributed by atoms with E-state index in [-0.39, 0.29) is 11.1 Å². The highest BCUT2D eigenvalue weighted by Crippen LogP contribution is 2.33. The SMILES string of the molecule is CCOC1(CN=C(N)NC(C)(C)C)CCCC1. The largest absolute Gasteiger partial charge is 0.373 e. The fourth-order valence-electron chi connectivity index (χ4n) is 2.33. The lowest BCUT2D eigenvalue weighted by Gasteiger charge is -2.28. The number of nitrogens with one attached hydrogen (secondary N) is 1. The summed E-state index contributed by atoms with van der Waals surface area (Å²) in [6.07, 6.45) is 4.69. The van der Waals surface area contributed by atoms with Gasteiger partial charge in [0.25, 0.3) is 0 Å². The van der Waals surface area contributed by atoms with Crippen LogP contribution in [0.4, 0.5) is 0 Å². The number of rotatable bonds is 4. The Morgan fingerprint density at radius 2 is 1.94 bits per heavy atom. The zero-order valence-corrected chi connectivity index (χ0v) is 11.7. The molecule has 0 aliphatic heterocycles. The second kappa shape index (κ2) is 5.71. The first-order valence-electron chi connectivity index (χ1n) is 6.59. The van der Waals surface area contributed by atoms with Crippen LogP contribution < -0.4 is 11.1 Å². The molecular formula is C13H27N3O. The third-order valence-corrected chi connectivity index (χ3v) is 3.01. The number of nitrogens with two attached hydrogens (primary N) is 1. The van der Waals surface area contributed by atoms with Crippen molar-refractivity contribution >= 4 is 5.96 Å². The van der Waals surface area contributed by atoms with Gasteiger partial charge in [-0.15, -0.1) is 0 Å². The van der Waals surface area contributed by atoms with Gasteiger partial charge in [-0.2, -0.15) is 0 Å². The van der Waals surface area contributed by atoms with Crippen molar-refractivity contribution < 1.29 is 4.74 Å². The Morgan fingerprint density at radius 1 is 1.35 bits per heavy atom. The first-order chi connectivity index (χ1) is 7.87. The lowest BCUT2D eigenvalue weighted by molar-refractivity contribution is -0.0262. The molecule has 0 spiro atoms. The average molecular weight is 241 g/mol. The molecule has 0 aromatic rings. The summed E-state index contributed by atoms with van der Waals surface area (Å²) >= 11 is 0. The van der Waals surface area contributed by atoms with Gasteiger partial charge in [0.05, 0.1) is 12.1 Å². The van der Waals surface area contributed by atoms with Gasteiger partial charge in [0, 0.05) is 12.1 Å². The van der Waals surface area contributed by atoms with Gasteiger partial charge in [-0.3, -0.25) is 4.99 Å². The van der Waals surface area contributed by atoms with Crippen LogP contribution in [0.15, 0.2) is 4.99 Å². The molecule has 0 aromatic heterocycles. The van der Waals surface area contributed by atoms with E-state index in [4.69, 9.17) is 10.5 Å². The normalized spacial score (nSPS) is 20.6. The van der Waals surface area contributed by atoms with Crippen molar-refractivity contribution in [3.63, 3.8) is 0 Å². The van der Waals surface area contributed by atoms with Gasteiger partial charge in [0.15, 0.2) is 5.96 Å². The molecule has 0 saturated heterocycles. The van der Waals surface area contributed by atoms with Crippen molar-refractivity contribution in [2.24, 2.45) is 10.7 Å². The lowest BCUT2D eigenvalue weighted by atomic mass is 10.0. The van der Waals surface area contributed by atoms with E-state index in [9.17, 15) is 0 Å². The highest BCUT2D eigenvalue weighted by Gasteiger charge is 2.34. The number of aliphatic imine (C=N–C) groups is 1. The number of hydrogen-bond acceptors (Lipinski definition) is 2. The van der Waals surface area contributed by atoms with E-state index in [0.29, 0.717) is 12.5 Å².